The van der Waals surface area contributed by atoms with Crippen molar-refractivity contribution in [2.45, 2.75) is 6.42 Å². The molecule has 0 aromatic heterocycles. The zero-order valence-corrected chi connectivity index (χ0v) is 17.4. The van der Waals surface area contributed by atoms with Crippen molar-refractivity contribution in [2.24, 2.45) is 0 Å². The van der Waals surface area contributed by atoms with Gasteiger partial charge >= 0.3 is 10.4 Å². The van der Waals surface area contributed by atoms with E-state index in [1.54, 1.807) is 12.1 Å². The lowest BCUT2D eigenvalue weighted by molar-refractivity contribution is 0.221. The normalized spacial score (nSPS) is 11.7. The first-order valence-electron chi connectivity index (χ1n) is 9.52. The van der Waals surface area contributed by atoms with E-state index in [4.69, 9.17) is 19.5 Å². The lowest BCUT2D eigenvalue weighted by Gasteiger charge is -2.22. The van der Waals surface area contributed by atoms with Crippen molar-refractivity contribution >= 4 is 28.2 Å². The summed E-state index contributed by atoms with van der Waals surface area (Å²) < 4.78 is 32.8. The van der Waals surface area contributed by atoms with Crippen molar-refractivity contribution in [2.75, 3.05) is 44.4 Å². The lowest BCUT2D eigenvalue weighted by atomic mass is 10.1. The number of hydrogen-bond donors (Lipinski definition) is 3. The number of anilines is 1. The van der Waals surface area contributed by atoms with E-state index in [1.165, 1.54) is 12.1 Å². The molecule has 0 aliphatic rings. The molecule has 30 heavy (non-hydrogen) atoms. The molecule has 0 aliphatic heterocycles. The first-order valence-corrected chi connectivity index (χ1v) is 10.9. The summed E-state index contributed by atoms with van der Waals surface area (Å²) in [6.45, 7) is 0.618. The van der Waals surface area contributed by atoms with Crippen molar-refractivity contribution in [3.8, 4) is 5.75 Å². The Morgan fingerprint density at radius 2 is 1.33 bits per heavy atom. The molecule has 0 bridgehead atoms. The molecule has 0 heterocycles. The number of aliphatic hydroxyl groups is 3. The van der Waals surface area contributed by atoms with Crippen LogP contribution in [-0.2, 0) is 14.6 Å². The van der Waals surface area contributed by atoms with Gasteiger partial charge in [0.2, 0.25) is 0 Å². The van der Waals surface area contributed by atoms with Gasteiger partial charge in [0.05, 0.1) is 19.8 Å². The van der Waals surface area contributed by atoms with Gasteiger partial charge in [-0.05, 0) is 41.8 Å². The van der Waals surface area contributed by atoms with Crippen molar-refractivity contribution in [3.63, 3.8) is 0 Å². The molecule has 3 N–H and O–H groups in total. The minimum Gasteiger partial charge on any atom is -0.396 e. The second kappa shape index (κ2) is 12.3. The van der Waals surface area contributed by atoms with Gasteiger partial charge in [-0.3, -0.25) is 0 Å². The van der Waals surface area contributed by atoms with Crippen LogP contribution in [-0.4, -0.2) is 63.3 Å². The fourth-order valence-electron chi connectivity index (χ4n) is 2.60. The first kappa shape index (κ1) is 23.8. The summed E-state index contributed by atoms with van der Waals surface area (Å²) in [5.74, 6) is 0.133. The van der Waals surface area contributed by atoms with Crippen LogP contribution in [0.25, 0.3) is 12.2 Å². The van der Waals surface area contributed by atoms with Gasteiger partial charge in [-0.15, -0.1) is 0 Å². The fourth-order valence-corrected chi connectivity index (χ4v) is 3.32. The van der Waals surface area contributed by atoms with Crippen molar-refractivity contribution in [1.29, 1.82) is 0 Å². The Kier molecular flexibility index (Phi) is 9.78. The summed E-state index contributed by atoms with van der Waals surface area (Å²) in [7, 11) is -4.16. The molecule has 9 heteroatoms. The fraction of sp³-hybridized carbons (Fsp3) is 0.333. The van der Waals surface area contributed by atoms with Crippen LogP contribution in [0.15, 0.2) is 48.5 Å². The summed E-state index contributed by atoms with van der Waals surface area (Å²) in [5.41, 5.74) is 2.73. The Labute approximate surface area is 176 Å². The maximum Gasteiger partial charge on any atom is 0.449 e. The zero-order valence-electron chi connectivity index (χ0n) is 16.6. The molecule has 0 saturated carbocycles. The van der Waals surface area contributed by atoms with Gasteiger partial charge < -0.3 is 24.4 Å². The molecule has 2 aromatic rings. The summed E-state index contributed by atoms with van der Waals surface area (Å²) in [6.07, 6.45) is 4.00. The van der Waals surface area contributed by atoms with Crippen LogP contribution in [0.1, 0.15) is 17.5 Å². The van der Waals surface area contributed by atoms with E-state index in [-0.39, 0.29) is 38.6 Å². The molecule has 0 saturated heterocycles. The van der Waals surface area contributed by atoms with Crippen LogP contribution < -0.4 is 9.08 Å². The molecule has 2 rings (SSSR count). The van der Waals surface area contributed by atoms with E-state index in [1.807, 2.05) is 41.3 Å². The van der Waals surface area contributed by atoms with Gasteiger partial charge in [0.1, 0.15) is 5.75 Å². The zero-order chi connectivity index (χ0) is 21.8. The number of nitrogens with zero attached hydrogens (tertiary/aromatic N) is 1. The minimum atomic E-state index is -4.16. The van der Waals surface area contributed by atoms with Crippen LogP contribution in [0.3, 0.4) is 0 Å². The molecule has 0 amide bonds. The second-order valence-electron chi connectivity index (χ2n) is 6.32. The molecular weight excluding hydrogens is 410 g/mol. The monoisotopic (exact) mass is 437 g/mol. The van der Waals surface area contributed by atoms with Gasteiger partial charge in [0.15, 0.2) is 0 Å². The average molecular weight is 438 g/mol. The lowest BCUT2D eigenvalue weighted by Crippen LogP contribution is -2.29. The van der Waals surface area contributed by atoms with Crippen molar-refractivity contribution in [1.82, 2.24) is 0 Å². The molecule has 2 aromatic carbocycles. The maximum atomic E-state index is 11.7. The Morgan fingerprint density at radius 3 is 1.83 bits per heavy atom. The van der Waals surface area contributed by atoms with Crippen molar-refractivity contribution < 1.29 is 32.1 Å². The standard InChI is InChI=1S/C21H27NO7S/c23-14-1-17-28-30(26,27)29-21-10-6-19(7-11-21)3-2-18-4-8-20(9-5-18)22(12-15-24)13-16-25/h2-11,23-25H,1,12-17H2. The quantitative estimate of drug-likeness (QED) is 0.320. The van der Waals surface area contributed by atoms with E-state index in [0.717, 1.165) is 16.8 Å². The van der Waals surface area contributed by atoms with Gasteiger partial charge in [-0.25, -0.2) is 4.18 Å². The number of benzene rings is 2. The topological polar surface area (TPSA) is 117 Å². The summed E-state index contributed by atoms with van der Waals surface area (Å²) >= 11 is 0. The molecule has 0 aliphatic carbocycles. The summed E-state index contributed by atoms with van der Waals surface area (Å²) in [5, 5.41) is 26.9. The smallest absolute Gasteiger partial charge is 0.396 e. The third-order valence-electron chi connectivity index (χ3n) is 4.07. The number of aliphatic hydroxyl groups excluding tert-OH is 3. The molecule has 0 spiro atoms. The van der Waals surface area contributed by atoms with Gasteiger partial charge in [0, 0.05) is 25.4 Å². The van der Waals surface area contributed by atoms with E-state index in [0.29, 0.717) is 13.1 Å². The van der Waals surface area contributed by atoms with Crippen LogP contribution in [0.2, 0.25) is 0 Å². The van der Waals surface area contributed by atoms with Gasteiger partial charge in [-0.1, -0.05) is 36.4 Å². The molecule has 8 nitrogen and oxygen atoms in total. The van der Waals surface area contributed by atoms with Gasteiger partial charge in [-0.2, -0.15) is 8.42 Å². The van der Waals surface area contributed by atoms with E-state index in [9.17, 15) is 8.42 Å². The first-order chi connectivity index (χ1) is 14.5. The highest BCUT2D eigenvalue weighted by atomic mass is 32.3. The Hall–Kier alpha value is -2.43. The maximum absolute atomic E-state index is 11.7. The Balaban J connectivity index is 1.96. The minimum absolute atomic E-state index is 0.0114. The summed E-state index contributed by atoms with van der Waals surface area (Å²) in [6, 6.07) is 14.2. The highest BCUT2D eigenvalue weighted by Gasteiger charge is 2.13. The van der Waals surface area contributed by atoms with Crippen LogP contribution in [0, 0.1) is 0 Å². The molecular formula is C21H27NO7S. The highest BCUT2D eigenvalue weighted by Crippen LogP contribution is 2.19. The molecule has 164 valence electrons. The molecule has 0 radical (unpaired) electrons. The van der Waals surface area contributed by atoms with Gasteiger partial charge in [0.25, 0.3) is 0 Å². The SMILES string of the molecule is O=S(=O)(OCCCO)Oc1ccc(C=Cc2ccc(N(CCO)CCO)cc2)cc1. The largest absolute Gasteiger partial charge is 0.449 e. The second-order valence-corrected chi connectivity index (χ2v) is 7.54. The van der Waals surface area contributed by atoms with E-state index in [2.05, 4.69) is 4.18 Å². The third-order valence-corrected chi connectivity index (χ3v) is 4.93. The predicted octanol–water partition coefficient (Wildman–Crippen LogP) is 1.67. The summed E-state index contributed by atoms with van der Waals surface area (Å²) in [4.78, 5) is 1.90. The number of hydrogen-bond acceptors (Lipinski definition) is 8. The predicted molar refractivity (Wildman–Crippen MR) is 115 cm³/mol. The highest BCUT2D eigenvalue weighted by molar-refractivity contribution is 7.82. The van der Waals surface area contributed by atoms with Crippen molar-refractivity contribution in [3.05, 3.63) is 59.7 Å². The molecule has 0 unspecified atom stereocenters. The Bertz CT molecular complexity index is 875. The van der Waals surface area contributed by atoms with Crippen LogP contribution in [0.4, 0.5) is 5.69 Å². The average Bonchev–Trinajstić information content (AvgIpc) is 2.73. The Morgan fingerprint density at radius 1 is 0.800 bits per heavy atom. The third kappa shape index (κ3) is 8.13. The number of rotatable bonds is 13. The van der Waals surface area contributed by atoms with Crippen LogP contribution >= 0.6 is 0 Å². The van der Waals surface area contributed by atoms with E-state index < -0.39 is 10.4 Å². The van der Waals surface area contributed by atoms with Crippen LogP contribution in [0.5, 0.6) is 5.75 Å². The van der Waals surface area contributed by atoms with E-state index >= 15 is 0 Å². The molecule has 0 fully saturated rings. The molecule has 0 atom stereocenters.